The van der Waals surface area contributed by atoms with E-state index < -0.39 is 17.6 Å². The van der Waals surface area contributed by atoms with Gasteiger partial charge in [0.25, 0.3) is 17.6 Å². The number of fused-ring (bicyclic) bond motifs is 1. The Morgan fingerprint density at radius 3 is 2.09 bits per heavy atom. The molecule has 166 valence electrons. The molecule has 0 atom stereocenters. The molecule has 32 heavy (non-hydrogen) atoms. The summed E-state index contributed by atoms with van der Waals surface area (Å²) in [6.07, 6.45) is 0. The number of carbonyl (C=O) groups is 3. The van der Waals surface area contributed by atoms with Gasteiger partial charge in [0.05, 0.1) is 25.5 Å². The quantitative estimate of drug-likeness (QED) is 0.449. The summed E-state index contributed by atoms with van der Waals surface area (Å²) < 4.78 is 10.7. The summed E-state index contributed by atoms with van der Waals surface area (Å²) in [6, 6.07) is 13.7. The standard InChI is InChI=1S/C25H26N2O5/c1-25(2,3)14-12-18(23(26)29)22(32-5)19(13-14)27-24(30)21(28)17-10-11-20(31-4)16-9-7-6-8-15(16)17/h6-13H,1-5H3,(H2,26,29)(H,27,30). The minimum atomic E-state index is -0.861. The number of ether oxygens (including phenoxy) is 2. The van der Waals surface area contributed by atoms with Crippen LogP contribution in [0.25, 0.3) is 10.8 Å². The number of amides is 2. The lowest BCUT2D eigenvalue weighted by atomic mass is 9.85. The fraction of sp³-hybridized carbons (Fsp3) is 0.240. The molecule has 3 aromatic rings. The van der Waals surface area contributed by atoms with Gasteiger partial charge in [-0.2, -0.15) is 0 Å². The second-order valence-corrected chi connectivity index (χ2v) is 8.36. The largest absolute Gasteiger partial charge is 0.496 e. The first-order valence-corrected chi connectivity index (χ1v) is 10.0. The maximum Gasteiger partial charge on any atom is 0.296 e. The Bertz CT molecular complexity index is 1220. The number of nitrogens with one attached hydrogen (secondary N) is 1. The highest BCUT2D eigenvalue weighted by Gasteiger charge is 2.25. The minimum Gasteiger partial charge on any atom is -0.496 e. The highest BCUT2D eigenvalue weighted by molar-refractivity contribution is 6.48. The van der Waals surface area contributed by atoms with Crippen LogP contribution in [0.3, 0.4) is 0 Å². The molecule has 3 aromatic carbocycles. The molecule has 0 aliphatic rings. The molecular weight excluding hydrogens is 408 g/mol. The van der Waals surface area contributed by atoms with Crippen LogP contribution in [0.2, 0.25) is 0 Å². The fourth-order valence-corrected chi connectivity index (χ4v) is 3.51. The molecule has 0 saturated carbocycles. The molecule has 3 rings (SSSR count). The zero-order valence-corrected chi connectivity index (χ0v) is 18.7. The van der Waals surface area contributed by atoms with Crippen molar-refractivity contribution in [1.82, 2.24) is 0 Å². The molecule has 0 aliphatic heterocycles. The van der Waals surface area contributed by atoms with Gasteiger partial charge in [0, 0.05) is 10.9 Å². The molecule has 0 aromatic heterocycles. The summed E-state index contributed by atoms with van der Waals surface area (Å²) in [5, 5.41) is 3.93. The third kappa shape index (κ3) is 4.27. The van der Waals surface area contributed by atoms with Crippen molar-refractivity contribution in [3.8, 4) is 11.5 Å². The predicted molar refractivity (Wildman–Crippen MR) is 124 cm³/mol. The van der Waals surface area contributed by atoms with Gasteiger partial charge < -0.3 is 20.5 Å². The van der Waals surface area contributed by atoms with Crippen LogP contribution in [0.15, 0.2) is 48.5 Å². The van der Waals surface area contributed by atoms with Crippen LogP contribution in [0.5, 0.6) is 11.5 Å². The summed E-state index contributed by atoms with van der Waals surface area (Å²) in [4.78, 5) is 38.0. The first-order chi connectivity index (χ1) is 15.1. The second-order valence-electron chi connectivity index (χ2n) is 8.36. The Morgan fingerprint density at radius 1 is 0.875 bits per heavy atom. The molecular formula is C25H26N2O5. The first kappa shape index (κ1) is 22.8. The normalized spacial score (nSPS) is 11.2. The average Bonchev–Trinajstić information content (AvgIpc) is 2.76. The van der Waals surface area contributed by atoms with Crippen molar-refractivity contribution in [2.24, 2.45) is 5.73 Å². The first-order valence-electron chi connectivity index (χ1n) is 10.0. The molecule has 0 aliphatic carbocycles. The van der Waals surface area contributed by atoms with Crippen LogP contribution in [-0.2, 0) is 10.2 Å². The van der Waals surface area contributed by atoms with Gasteiger partial charge in [-0.05, 0) is 40.6 Å². The molecule has 0 spiro atoms. The maximum atomic E-state index is 13.1. The number of nitrogens with two attached hydrogens (primary N) is 1. The van der Waals surface area contributed by atoms with E-state index in [0.717, 1.165) is 10.9 Å². The fourth-order valence-electron chi connectivity index (χ4n) is 3.51. The number of anilines is 1. The van der Waals surface area contributed by atoms with Gasteiger partial charge in [-0.25, -0.2) is 0 Å². The second kappa shape index (κ2) is 8.70. The lowest BCUT2D eigenvalue weighted by molar-refractivity contribution is -0.112. The molecule has 0 heterocycles. The number of methoxy groups -OCH3 is 2. The van der Waals surface area contributed by atoms with E-state index in [-0.39, 0.29) is 28.0 Å². The van der Waals surface area contributed by atoms with Gasteiger partial charge >= 0.3 is 0 Å². The van der Waals surface area contributed by atoms with Crippen molar-refractivity contribution >= 4 is 34.1 Å². The molecule has 0 bridgehead atoms. The molecule has 0 saturated heterocycles. The Balaban J connectivity index is 2.06. The summed E-state index contributed by atoms with van der Waals surface area (Å²) in [7, 11) is 2.91. The van der Waals surface area contributed by atoms with E-state index in [2.05, 4.69) is 5.32 Å². The Morgan fingerprint density at radius 2 is 1.53 bits per heavy atom. The molecule has 2 amide bonds. The number of ketones is 1. The molecule has 7 heteroatoms. The number of carbonyl (C=O) groups excluding carboxylic acids is 3. The van der Waals surface area contributed by atoms with E-state index in [9.17, 15) is 14.4 Å². The Kier molecular flexibility index (Phi) is 6.20. The number of Topliss-reactive ketones (excluding diaryl/α,β-unsaturated/α-hetero) is 1. The number of benzene rings is 3. The maximum absolute atomic E-state index is 13.1. The van der Waals surface area contributed by atoms with Crippen LogP contribution in [0.1, 0.15) is 47.1 Å². The van der Waals surface area contributed by atoms with Crippen LogP contribution < -0.4 is 20.5 Å². The SMILES string of the molecule is COc1c(NC(=O)C(=O)c2ccc(OC)c3ccccc23)cc(C(C)(C)C)cc1C(N)=O. The monoisotopic (exact) mass is 434 g/mol. The highest BCUT2D eigenvalue weighted by Crippen LogP contribution is 2.35. The summed E-state index contributed by atoms with van der Waals surface area (Å²) in [5.41, 5.74) is 6.50. The number of primary amides is 1. The van der Waals surface area contributed by atoms with E-state index in [0.29, 0.717) is 11.1 Å². The molecule has 0 fully saturated rings. The topological polar surface area (TPSA) is 108 Å². The number of hydrogen-bond donors (Lipinski definition) is 2. The van der Waals surface area contributed by atoms with Crippen molar-refractivity contribution in [2.45, 2.75) is 26.2 Å². The van der Waals surface area contributed by atoms with Crippen molar-refractivity contribution in [1.29, 1.82) is 0 Å². The van der Waals surface area contributed by atoms with Gasteiger partial charge in [-0.15, -0.1) is 0 Å². The van der Waals surface area contributed by atoms with Crippen LogP contribution in [-0.4, -0.2) is 31.8 Å². The van der Waals surface area contributed by atoms with Gasteiger partial charge in [-0.1, -0.05) is 45.0 Å². The van der Waals surface area contributed by atoms with E-state index in [4.69, 9.17) is 15.2 Å². The smallest absolute Gasteiger partial charge is 0.296 e. The Labute approximate surface area is 186 Å². The van der Waals surface area contributed by atoms with Gasteiger partial charge in [0.1, 0.15) is 5.75 Å². The summed E-state index contributed by atoms with van der Waals surface area (Å²) in [6.45, 7) is 5.87. The van der Waals surface area contributed by atoms with Crippen LogP contribution in [0, 0.1) is 0 Å². The van der Waals surface area contributed by atoms with Crippen LogP contribution in [0.4, 0.5) is 5.69 Å². The van der Waals surface area contributed by atoms with Gasteiger partial charge in [0.15, 0.2) is 5.75 Å². The number of rotatable bonds is 6. The van der Waals surface area contributed by atoms with E-state index in [1.54, 1.807) is 43.5 Å². The molecule has 0 unspecified atom stereocenters. The summed E-state index contributed by atoms with van der Waals surface area (Å²) in [5.74, 6) is -1.59. The zero-order chi connectivity index (χ0) is 23.6. The van der Waals surface area contributed by atoms with Crippen molar-refractivity contribution in [2.75, 3.05) is 19.5 Å². The van der Waals surface area contributed by atoms with Gasteiger partial charge in [-0.3, -0.25) is 14.4 Å². The molecule has 3 N–H and O–H groups in total. The van der Waals surface area contributed by atoms with E-state index in [1.165, 1.54) is 7.11 Å². The van der Waals surface area contributed by atoms with Gasteiger partial charge in [0.2, 0.25) is 0 Å². The highest BCUT2D eigenvalue weighted by atomic mass is 16.5. The predicted octanol–water partition coefficient (Wildman–Crippen LogP) is 4.07. The van der Waals surface area contributed by atoms with Crippen molar-refractivity contribution in [3.05, 3.63) is 65.2 Å². The summed E-state index contributed by atoms with van der Waals surface area (Å²) >= 11 is 0. The van der Waals surface area contributed by atoms with E-state index >= 15 is 0 Å². The zero-order valence-electron chi connectivity index (χ0n) is 18.7. The van der Waals surface area contributed by atoms with Crippen molar-refractivity contribution < 1.29 is 23.9 Å². The number of hydrogen-bond acceptors (Lipinski definition) is 5. The molecule has 7 nitrogen and oxygen atoms in total. The van der Waals surface area contributed by atoms with Crippen LogP contribution >= 0.6 is 0 Å². The lowest BCUT2D eigenvalue weighted by Crippen LogP contribution is -2.25. The third-order valence-electron chi connectivity index (χ3n) is 5.23. The molecule has 0 radical (unpaired) electrons. The Hall–Kier alpha value is -3.87. The lowest BCUT2D eigenvalue weighted by Gasteiger charge is -2.23. The third-order valence-corrected chi connectivity index (χ3v) is 5.23. The van der Waals surface area contributed by atoms with Crippen molar-refractivity contribution in [3.63, 3.8) is 0 Å². The minimum absolute atomic E-state index is 0.103. The average molecular weight is 434 g/mol. The van der Waals surface area contributed by atoms with E-state index in [1.807, 2.05) is 32.9 Å².